The number of anilines is 2. The van der Waals surface area contributed by atoms with Gasteiger partial charge in [0.25, 0.3) is 5.91 Å². The first-order chi connectivity index (χ1) is 13.8. The summed E-state index contributed by atoms with van der Waals surface area (Å²) in [6.45, 7) is 0.573. The van der Waals surface area contributed by atoms with E-state index in [0.717, 1.165) is 16.6 Å². The molecule has 0 unspecified atom stereocenters. The molecule has 4 rings (SSSR count). The first kappa shape index (κ1) is 17.6. The Morgan fingerprint density at radius 2 is 1.54 bits per heavy atom. The van der Waals surface area contributed by atoms with Crippen LogP contribution in [0.1, 0.15) is 16.1 Å². The van der Waals surface area contributed by atoms with E-state index in [1.807, 2.05) is 97.1 Å². The summed E-state index contributed by atoms with van der Waals surface area (Å²) in [5.74, 6) is -0.00453. The van der Waals surface area contributed by atoms with Gasteiger partial charge < -0.3 is 15.1 Å². The standard InChI is InChI=1S/C24H20N2O2/c27-24(26-19-13-5-2-6-14-19)23-22(20-15-7-8-16-21(20)28-23)25-17-9-12-18-10-3-1-4-11-18/h1-16,25H,17H2,(H,26,27)/b12-9+. The SMILES string of the molecule is O=C(Nc1ccccc1)c1oc2ccccc2c1NC/C=C/c1ccccc1. The third-order valence-corrected chi connectivity index (χ3v) is 4.34. The highest BCUT2D eigenvalue weighted by Crippen LogP contribution is 2.31. The predicted molar refractivity (Wildman–Crippen MR) is 115 cm³/mol. The third-order valence-electron chi connectivity index (χ3n) is 4.34. The van der Waals surface area contributed by atoms with Gasteiger partial charge in [-0.1, -0.05) is 72.8 Å². The number of nitrogens with one attached hydrogen (secondary N) is 2. The first-order valence-corrected chi connectivity index (χ1v) is 9.14. The summed E-state index contributed by atoms with van der Waals surface area (Å²) in [6.07, 6.45) is 4.06. The molecule has 0 aliphatic rings. The second kappa shape index (κ2) is 8.27. The van der Waals surface area contributed by atoms with Gasteiger partial charge in [0.2, 0.25) is 5.76 Å². The Balaban J connectivity index is 1.56. The molecule has 4 nitrogen and oxygen atoms in total. The van der Waals surface area contributed by atoms with Crippen molar-refractivity contribution in [3.63, 3.8) is 0 Å². The number of para-hydroxylation sites is 2. The molecule has 28 heavy (non-hydrogen) atoms. The molecule has 0 spiro atoms. The minimum Gasteiger partial charge on any atom is -0.449 e. The fraction of sp³-hybridized carbons (Fsp3) is 0.0417. The van der Waals surface area contributed by atoms with Gasteiger partial charge in [0.15, 0.2) is 0 Å². The van der Waals surface area contributed by atoms with E-state index in [2.05, 4.69) is 10.6 Å². The summed E-state index contributed by atoms with van der Waals surface area (Å²) in [7, 11) is 0. The molecule has 4 heteroatoms. The van der Waals surface area contributed by atoms with Crippen LogP contribution in [0.5, 0.6) is 0 Å². The molecule has 1 amide bonds. The number of carbonyl (C=O) groups is 1. The molecule has 4 aromatic rings. The lowest BCUT2D eigenvalue weighted by atomic mass is 10.2. The van der Waals surface area contributed by atoms with Crippen molar-refractivity contribution in [2.24, 2.45) is 0 Å². The Hall–Kier alpha value is -3.79. The van der Waals surface area contributed by atoms with Gasteiger partial charge in [-0.05, 0) is 29.8 Å². The number of hydrogen-bond acceptors (Lipinski definition) is 3. The Labute approximate surface area is 163 Å². The number of rotatable bonds is 6. The van der Waals surface area contributed by atoms with Gasteiger partial charge in [0, 0.05) is 17.6 Å². The van der Waals surface area contributed by atoms with Gasteiger partial charge in [-0.25, -0.2) is 0 Å². The molecular formula is C24H20N2O2. The third kappa shape index (κ3) is 3.96. The normalized spacial score (nSPS) is 11.0. The Kier molecular flexibility index (Phi) is 5.20. The fourth-order valence-electron chi connectivity index (χ4n) is 3.01. The van der Waals surface area contributed by atoms with Crippen LogP contribution in [-0.4, -0.2) is 12.5 Å². The van der Waals surface area contributed by atoms with Crippen molar-refractivity contribution in [2.75, 3.05) is 17.2 Å². The van der Waals surface area contributed by atoms with E-state index >= 15 is 0 Å². The zero-order valence-corrected chi connectivity index (χ0v) is 15.3. The first-order valence-electron chi connectivity index (χ1n) is 9.14. The van der Waals surface area contributed by atoms with Gasteiger partial charge in [0.1, 0.15) is 5.58 Å². The number of benzene rings is 3. The molecular weight excluding hydrogens is 348 g/mol. The predicted octanol–water partition coefficient (Wildman–Crippen LogP) is 5.81. The van der Waals surface area contributed by atoms with E-state index in [-0.39, 0.29) is 11.7 Å². The smallest absolute Gasteiger partial charge is 0.293 e. The number of furan rings is 1. The number of carbonyl (C=O) groups excluding carboxylic acids is 1. The molecule has 1 aromatic heterocycles. The second-order valence-electron chi connectivity index (χ2n) is 6.32. The van der Waals surface area contributed by atoms with E-state index in [4.69, 9.17) is 4.42 Å². The van der Waals surface area contributed by atoms with Crippen LogP contribution in [0.2, 0.25) is 0 Å². The zero-order valence-electron chi connectivity index (χ0n) is 15.3. The summed E-state index contributed by atoms with van der Waals surface area (Å²) in [4.78, 5) is 12.8. The van der Waals surface area contributed by atoms with Crippen LogP contribution in [0.3, 0.4) is 0 Å². The molecule has 3 aromatic carbocycles. The van der Waals surface area contributed by atoms with Crippen LogP contribution in [0.25, 0.3) is 17.0 Å². The van der Waals surface area contributed by atoms with E-state index in [1.165, 1.54) is 0 Å². The highest BCUT2D eigenvalue weighted by molar-refractivity contribution is 6.11. The maximum absolute atomic E-state index is 12.8. The van der Waals surface area contributed by atoms with Crippen molar-refractivity contribution in [2.45, 2.75) is 0 Å². The van der Waals surface area contributed by atoms with E-state index < -0.39 is 0 Å². The van der Waals surface area contributed by atoms with Crippen LogP contribution < -0.4 is 10.6 Å². The molecule has 0 fully saturated rings. The topological polar surface area (TPSA) is 54.3 Å². The van der Waals surface area contributed by atoms with Crippen LogP contribution in [0.15, 0.2) is 95.4 Å². The Morgan fingerprint density at radius 3 is 2.32 bits per heavy atom. The Bertz CT molecular complexity index is 1100. The highest BCUT2D eigenvalue weighted by Gasteiger charge is 2.20. The Morgan fingerprint density at radius 1 is 0.857 bits per heavy atom. The number of fused-ring (bicyclic) bond motifs is 1. The van der Waals surface area contributed by atoms with Crippen LogP contribution in [0, 0.1) is 0 Å². The molecule has 138 valence electrons. The van der Waals surface area contributed by atoms with Crippen molar-refractivity contribution in [1.82, 2.24) is 0 Å². The molecule has 0 aliphatic heterocycles. The minimum atomic E-state index is -0.281. The fourth-order valence-corrected chi connectivity index (χ4v) is 3.01. The molecule has 0 saturated heterocycles. The monoisotopic (exact) mass is 368 g/mol. The lowest BCUT2D eigenvalue weighted by molar-refractivity contribution is 0.0999. The van der Waals surface area contributed by atoms with Crippen LogP contribution >= 0.6 is 0 Å². The average molecular weight is 368 g/mol. The highest BCUT2D eigenvalue weighted by atomic mass is 16.3. The summed E-state index contributed by atoms with van der Waals surface area (Å²) >= 11 is 0. The summed E-state index contributed by atoms with van der Waals surface area (Å²) in [5.41, 5.74) is 3.23. The van der Waals surface area contributed by atoms with Gasteiger partial charge in [0.05, 0.1) is 5.69 Å². The maximum atomic E-state index is 12.8. The van der Waals surface area contributed by atoms with Crippen molar-refractivity contribution < 1.29 is 9.21 Å². The molecule has 0 saturated carbocycles. The lowest BCUT2D eigenvalue weighted by Crippen LogP contribution is -2.13. The minimum absolute atomic E-state index is 0.276. The van der Waals surface area contributed by atoms with Crippen LogP contribution in [0.4, 0.5) is 11.4 Å². The van der Waals surface area contributed by atoms with E-state index in [9.17, 15) is 4.79 Å². The molecule has 1 heterocycles. The van der Waals surface area contributed by atoms with Crippen molar-refractivity contribution >= 4 is 34.3 Å². The molecule has 0 radical (unpaired) electrons. The van der Waals surface area contributed by atoms with Crippen molar-refractivity contribution in [3.05, 3.63) is 102 Å². The zero-order chi connectivity index (χ0) is 19.2. The van der Waals surface area contributed by atoms with Gasteiger partial charge >= 0.3 is 0 Å². The van der Waals surface area contributed by atoms with Gasteiger partial charge in [-0.15, -0.1) is 0 Å². The van der Waals surface area contributed by atoms with Crippen molar-refractivity contribution in [3.8, 4) is 0 Å². The largest absolute Gasteiger partial charge is 0.449 e. The second-order valence-corrected chi connectivity index (χ2v) is 6.32. The molecule has 0 aliphatic carbocycles. The molecule has 0 atom stereocenters. The number of amides is 1. The van der Waals surface area contributed by atoms with Gasteiger partial charge in [-0.3, -0.25) is 4.79 Å². The average Bonchev–Trinajstić information content (AvgIpc) is 3.11. The lowest BCUT2D eigenvalue weighted by Gasteiger charge is -2.06. The van der Waals surface area contributed by atoms with E-state index in [1.54, 1.807) is 0 Å². The molecule has 2 N–H and O–H groups in total. The van der Waals surface area contributed by atoms with Gasteiger partial charge in [-0.2, -0.15) is 0 Å². The summed E-state index contributed by atoms with van der Waals surface area (Å²) in [5, 5.41) is 7.10. The van der Waals surface area contributed by atoms with E-state index in [0.29, 0.717) is 17.8 Å². The van der Waals surface area contributed by atoms with Crippen LogP contribution in [-0.2, 0) is 0 Å². The maximum Gasteiger partial charge on any atom is 0.293 e. The summed E-state index contributed by atoms with van der Waals surface area (Å²) < 4.78 is 5.85. The molecule has 0 bridgehead atoms. The van der Waals surface area contributed by atoms with Crippen molar-refractivity contribution in [1.29, 1.82) is 0 Å². The summed E-state index contributed by atoms with van der Waals surface area (Å²) in [6, 6.07) is 27.1. The quantitative estimate of drug-likeness (QED) is 0.451. The number of hydrogen-bond donors (Lipinski definition) is 2.